The largest absolute Gasteiger partial charge is 0.351 e. The molecular formula is C28H37N3O2. The van der Waals surface area contributed by atoms with Gasteiger partial charge in [0.2, 0.25) is 5.91 Å². The molecule has 0 saturated carbocycles. The van der Waals surface area contributed by atoms with Gasteiger partial charge in [0.25, 0.3) is 5.91 Å². The number of likely N-dealkylation sites (tertiary alicyclic amines) is 1. The third-order valence-corrected chi connectivity index (χ3v) is 7.48. The van der Waals surface area contributed by atoms with Gasteiger partial charge in [-0.25, -0.2) is 0 Å². The highest BCUT2D eigenvalue weighted by Gasteiger charge is 2.31. The minimum absolute atomic E-state index is 0.0275. The van der Waals surface area contributed by atoms with Gasteiger partial charge in [0.15, 0.2) is 0 Å². The van der Waals surface area contributed by atoms with Crippen molar-refractivity contribution in [1.82, 2.24) is 15.1 Å². The molecule has 1 unspecified atom stereocenters. The molecule has 0 aliphatic carbocycles. The molecule has 1 fully saturated rings. The SMILES string of the molecule is Cc1ccc(C(=O)NCCN2CCCC(C(=O)N3CCc4cc(C)c(C)cc4C3)C2)cc1C. The normalized spacial score (nSPS) is 18.7. The van der Waals surface area contributed by atoms with Crippen LogP contribution in [-0.4, -0.2) is 54.3 Å². The van der Waals surface area contributed by atoms with Gasteiger partial charge in [-0.2, -0.15) is 0 Å². The zero-order valence-corrected chi connectivity index (χ0v) is 20.5. The lowest BCUT2D eigenvalue weighted by atomic mass is 9.92. The van der Waals surface area contributed by atoms with Crippen LogP contribution in [0.25, 0.3) is 0 Å². The molecule has 5 heteroatoms. The first-order chi connectivity index (χ1) is 15.8. The zero-order chi connectivity index (χ0) is 23.5. The van der Waals surface area contributed by atoms with Gasteiger partial charge >= 0.3 is 0 Å². The maximum absolute atomic E-state index is 13.3. The quantitative estimate of drug-likeness (QED) is 0.755. The van der Waals surface area contributed by atoms with E-state index in [4.69, 9.17) is 0 Å². The molecule has 1 N–H and O–H groups in total. The number of nitrogens with one attached hydrogen (secondary N) is 1. The highest BCUT2D eigenvalue weighted by atomic mass is 16.2. The van der Waals surface area contributed by atoms with Crippen molar-refractivity contribution in [1.29, 1.82) is 0 Å². The highest BCUT2D eigenvalue weighted by Crippen LogP contribution is 2.26. The maximum atomic E-state index is 13.3. The lowest BCUT2D eigenvalue weighted by Crippen LogP contribution is -2.47. The lowest BCUT2D eigenvalue weighted by Gasteiger charge is -2.37. The Morgan fingerprint density at radius 2 is 1.67 bits per heavy atom. The molecule has 4 rings (SSSR count). The molecular weight excluding hydrogens is 410 g/mol. The number of nitrogens with zero attached hydrogens (tertiary/aromatic N) is 2. The predicted molar refractivity (Wildman–Crippen MR) is 132 cm³/mol. The fraction of sp³-hybridized carbons (Fsp3) is 0.500. The minimum atomic E-state index is -0.0275. The number of hydrogen-bond donors (Lipinski definition) is 1. The van der Waals surface area contributed by atoms with Crippen LogP contribution in [0, 0.1) is 33.6 Å². The van der Waals surface area contributed by atoms with Crippen molar-refractivity contribution < 1.29 is 9.59 Å². The lowest BCUT2D eigenvalue weighted by molar-refractivity contribution is -0.138. The molecule has 0 aromatic heterocycles. The van der Waals surface area contributed by atoms with Gasteiger partial charge in [-0.1, -0.05) is 18.2 Å². The molecule has 2 aliphatic heterocycles. The first-order valence-electron chi connectivity index (χ1n) is 12.3. The number of aryl methyl sites for hydroxylation is 4. The van der Waals surface area contributed by atoms with Crippen molar-refractivity contribution in [2.75, 3.05) is 32.7 Å². The van der Waals surface area contributed by atoms with Crippen molar-refractivity contribution in [3.8, 4) is 0 Å². The van der Waals surface area contributed by atoms with Crippen molar-refractivity contribution in [3.63, 3.8) is 0 Å². The maximum Gasteiger partial charge on any atom is 0.251 e. The summed E-state index contributed by atoms with van der Waals surface area (Å²) in [5, 5.41) is 3.05. The smallest absolute Gasteiger partial charge is 0.251 e. The average molecular weight is 448 g/mol. The van der Waals surface area contributed by atoms with Crippen LogP contribution in [0.5, 0.6) is 0 Å². The molecule has 0 spiro atoms. The van der Waals surface area contributed by atoms with Crippen LogP contribution < -0.4 is 5.32 Å². The molecule has 2 aromatic rings. The molecule has 0 radical (unpaired) electrons. The van der Waals surface area contributed by atoms with Crippen molar-refractivity contribution in [2.24, 2.45) is 5.92 Å². The molecule has 2 aliphatic rings. The Morgan fingerprint density at radius 1 is 0.939 bits per heavy atom. The van der Waals surface area contributed by atoms with Crippen LogP contribution in [0.2, 0.25) is 0 Å². The van der Waals surface area contributed by atoms with Crippen LogP contribution in [0.3, 0.4) is 0 Å². The Hall–Kier alpha value is -2.66. The van der Waals surface area contributed by atoms with Crippen LogP contribution in [0.1, 0.15) is 56.6 Å². The van der Waals surface area contributed by atoms with Crippen LogP contribution in [0.4, 0.5) is 0 Å². The van der Waals surface area contributed by atoms with E-state index >= 15 is 0 Å². The van der Waals surface area contributed by atoms with Gasteiger partial charge in [-0.3, -0.25) is 9.59 Å². The highest BCUT2D eigenvalue weighted by molar-refractivity contribution is 5.94. The summed E-state index contributed by atoms with van der Waals surface area (Å²) in [6, 6.07) is 10.4. The molecule has 176 valence electrons. The van der Waals surface area contributed by atoms with Crippen molar-refractivity contribution in [3.05, 3.63) is 69.3 Å². The summed E-state index contributed by atoms with van der Waals surface area (Å²) in [4.78, 5) is 30.2. The summed E-state index contributed by atoms with van der Waals surface area (Å²) >= 11 is 0. The second-order valence-corrected chi connectivity index (χ2v) is 9.91. The van der Waals surface area contributed by atoms with Crippen molar-refractivity contribution in [2.45, 2.75) is 53.5 Å². The summed E-state index contributed by atoms with van der Waals surface area (Å²) in [7, 11) is 0. The predicted octanol–water partition coefficient (Wildman–Crippen LogP) is 3.95. The number of benzene rings is 2. The standard InChI is InChI=1S/C28H37N3O2/c1-19-7-8-24(15-20(19)2)27(32)29-10-13-30-11-5-6-25(17-30)28(33)31-12-9-23-14-21(3)22(4)16-26(23)18-31/h7-8,14-16,25H,5-6,9-13,17-18H2,1-4H3,(H,29,32). The number of carbonyl (C=O) groups is 2. The molecule has 33 heavy (non-hydrogen) atoms. The van der Waals surface area contributed by atoms with E-state index in [0.717, 1.165) is 57.5 Å². The Morgan fingerprint density at radius 3 is 2.42 bits per heavy atom. The van der Waals surface area contributed by atoms with Gasteiger partial charge in [-0.15, -0.1) is 0 Å². The third-order valence-electron chi connectivity index (χ3n) is 7.48. The molecule has 1 atom stereocenters. The van der Waals surface area contributed by atoms with Gasteiger partial charge in [0.1, 0.15) is 0 Å². The number of amides is 2. The Balaban J connectivity index is 1.28. The second-order valence-electron chi connectivity index (χ2n) is 9.91. The molecule has 2 heterocycles. The van der Waals surface area contributed by atoms with Gasteiger partial charge in [0.05, 0.1) is 5.92 Å². The van der Waals surface area contributed by atoms with E-state index in [2.05, 4.69) is 48.0 Å². The number of rotatable bonds is 5. The first kappa shape index (κ1) is 23.5. The number of fused-ring (bicyclic) bond motifs is 1. The first-order valence-corrected chi connectivity index (χ1v) is 12.3. The number of hydrogen-bond acceptors (Lipinski definition) is 3. The number of carbonyl (C=O) groups excluding carboxylic acids is 2. The van der Waals surface area contributed by atoms with Gasteiger partial charge in [-0.05, 0) is 99.0 Å². The van der Waals surface area contributed by atoms with E-state index in [-0.39, 0.29) is 11.8 Å². The van der Waals surface area contributed by atoms with Crippen LogP contribution >= 0.6 is 0 Å². The second kappa shape index (κ2) is 10.1. The molecule has 2 amide bonds. The Labute approximate surface area is 198 Å². The molecule has 1 saturated heterocycles. The van der Waals surface area contributed by atoms with Crippen LogP contribution in [-0.2, 0) is 17.8 Å². The average Bonchev–Trinajstić information content (AvgIpc) is 2.81. The van der Waals surface area contributed by atoms with Crippen LogP contribution in [0.15, 0.2) is 30.3 Å². The van der Waals surface area contributed by atoms with Crippen molar-refractivity contribution >= 4 is 11.8 Å². The molecule has 2 aromatic carbocycles. The van der Waals surface area contributed by atoms with E-state index in [0.29, 0.717) is 18.0 Å². The fourth-order valence-corrected chi connectivity index (χ4v) is 5.07. The molecule has 0 bridgehead atoms. The van der Waals surface area contributed by atoms with Gasteiger partial charge in [0, 0.05) is 38.3 Å². The van der Waals surface area contributed by atoms with E-state index in [1.807, 2.05) is 25.1 Å². The fourth-order valence-electron chi connectivity index (χ4n) is 5.07. The summed E-state index contributed by atoms with van der Waals surface area (Å²) in [5.74, 6) is 0.324. The topological polar surface area (TPSA) is 52.7 Å². The Kier molecular flexibility index (Phi) is 7.18. The van der Waals surface area contributed by atoms with Gasteiger partial charge < -0.3 is 15.1 Å². The summed E-state index contributed by atoms with van der Waals surface area (Å²) in [6.45, 7) is 13.1. The minimum Gasteiger partial charge on any atom is -0.351 e. The Bertz CT molecular complexity index is 1050. The summed E-state index contributed by atoms with van der Waals surface area (Å²) in [5.41, 5.74) is 8.37. The van der Waals surface area contributed by atoms with E-state index in [1.165, 1.54) is 27.8 Å². The van der Waals surface area contributed by atoms with E-state index in [9.17, 15) is 9.59 Å². The summed E-state index contributed by atoms with van der Waals surface area (Å²) < 4.78 is 0. The zero-order valence-electron chi connectivity index (χ0n) is 20.5. The monoisotopic (exact) mass is 447 g/mol. The summed E-state index contributed by atoms with van der Waals surface area (Å²) in [6.07, 6.45) is 2.94. The number of piperidine rings is 1. The third kappa shape index (κ3) is 5.47. The molecule has 5 nitrogen and oxygen atoms in total. The van der Waals surface area contributed by atoms with E-state index < -0.39 is 0 Å². The van der Waals surface area contributed by atoms with E-state index in [1.54, 1.807) is 0 Å².